The summed E-state index contributed by atoms with van der Waals surface area (Å²) in [7, 11) is 0.287. The Morgan fingerprint density at radius 3 is 2.10 bits per heavy atom. The van der Waals surface area contributed by atoms with Crippen molar-refractivity contribution >= 4 is 27.3 Å². The van der Waals surface area contributed by atoms with Crippen LogP contribution in [-0.4, -0.2) is 29.7 Å². The van der Waals surface area contributed by atoms with Crippen molar-refractivity contribution in [3.63, 3.8) is 0 Å². The second-order valence-electron chi connectivity index (χ2n) is 6.02. The molecule has 3 aromatic carbocycles. The van der Waals surface area contributed by atoms with Gasteiger partial charge < -0.3 is 18.9 Å². The molecule has 0 aliphatic heterocycles. The summed E-state index contributed by atoms with van der Waals surface area (Å²) in [6.07, 6.45) is 0. The largest absolute Gasteiger partial charge is 0.497 e. The van der Waals surface area contributed by atoms with E-state index in [0.29, 0.717) is 22.3 Å². The highest BCUT2D eigenvalue weighted by molar-refractivity contribution is 7.92. The Kier molecular flexibility index (Phi) is 6.59. The van der Waals surface area contributed by atoms with E-state index in [9.17, 15) is 8.42 Å². The summed E-state index contributed by atoms with van der Waals surface area (Å²) in [5.41, 5.74) is 0.151. The van der Waals surface area contributed by atoms with Crippen LogP contribution in [0.25, 0.3) is 0 Å². The van der Waals surface area contributed by atoms with E-state index in [-0.39, 0.29) is 22.1 Å². The van der Waals surface area contributed by atoms with Gasteiger partial charge in [-0.3, -0.25) is 4.72 Å². The van der Waals surface area contributed by atoms with Crippen LogP contribution in [0, 0.1) is 0 Å². The summed E-state index contributed by atoms with van der Waals surface area (Å²) in [6, 6.07) is 16.1. The molecule has 30 heavy (non-hydrogen) atoms. The lowest BCUT2D eigenvalue weighted by Crippen LogP contribution is -2.15. The smallest absolute Gasteiger partial charge is 0.265 e. The van der Waals surface area contributed by atoms with E-state index in [1.807, 2.05) is 0 Å². The zero-order valence-electron chi connectivity index (χ0n) is 16.5. The predicted molar refractivity (Wildman–Crippen MR) is 115 cm³/mol. The van der Waals surface area contributed by atoms with E-state index in [0.717, 1.165) is 0 Å². The van der Waals surface area contributed by atoms with Crippen molar-refractivity contribution in [2.45, 2.75) is 4.90 Å². The fourth-order valence-corrected chi connectivity index (χ4v) is 4.10. The van der Waals surface area contributed by atoms with Crippen molar-refractivity contribution in [2.24, 2.45) is 0 Å². The third kappa shape index (κ3) is 4.72. The summed E-state index contributed by atoms with van der Waals surface area (Å²) in [4.78, 5) is -0.0902. The van der Waals surface area contributed by atoms with Crippen molar-refractivity contribution < 1.29 is 27.4 Å². The molecule has 7 nitrogen and oxygen atoms in total. The first-order valence-corrected chi connectivity index (χ1v) is 10.6. The first-order chi connectivity index (χ1) is 14.4. The summed E-state index contributed by atoms with van der Waals surface area (Å²) in [6.45, 7) is 0. The van der Waals surface area contributed by atoms with Gasteiger partial charge in [0.15, 0.2) is 17.2 Å². The zero-order chi connectivity index (χ0) is 21.7. The Labute approximate surface area is 180 Å². The molecule has 3 rings (SSSR count). The lowest BCUT2D eigenvalue weighted by molar-refractivity contribution is 0.379. The Balaban J connectivity index is 2.02. The molecule has 0 aromatic heterocycles. The number of para-hydroxylation sites is 2. The zero-order valence-corrected chi connectivity index (χ0v) is 18.1. The van der Waals surface area contributed by atoms with E-state index in [1.165, 1.54) is 39.5 Å². The van der Waals surface area contributed by atoms with Crippen LogP contribution in [0.1, 0.15) is 0 Å². The second kappa shape index (κ2) is 9.15. The number of sulfonamides is 1. The summed E-state index contributed by atoms with van der Waals surface area (Å²) < 4.78 is 50.3. The van der Waals surface area contributed by atoms with Gasteiger partial charge in [-0.25, -0.2) is 8.42 Å². The molecule has 1 N–H and O–H groups in total. The van der Waals surface area contributed by atoms with Gasteiger partial charge in [-0.2, -0.15) is 0 Å². The molecule has 0 saturated carbocycles. The number of hydrogen-bond acceptors (Lipinski definition) is 6. The van der Waals surface area contributed by atoms with Gasteiger partial charge in [0, 0.05) is 11.1 Å². The van der Waals surface area contributed by atoms with Crippen LogP contribution in [0.4, 0.5) is 5.69 Å². The van der Waals surface area contributed by atoms with Crippen LogP contribution in [-0.2, 0) is 10.0 Å². The lowest BCUT2D eigenvalue weighted by atomic mass is 10.3. The molecule has 0 atom stereocenters. The van der Waals surface area contributed by atoms with Gasteiger partial charge in [0.2, 0.25) is 0 Å². The Bertz CT molecular complexity index is 1150. The first kappa shape index (κ1) is 21.6. The van der Waals surface area contributed by atoms with Crippen LogP contribution in [0.5, 0.6) is 28.7 Å². The summed E-state index contributed by atoms with van der Waals surface area (Å²) >= 11 is 6.10. The monoisotopic (exact) mass is 449 g/mol. The number of nitrogens with one attached hydrogen (secondary N) is 1. The van der Waals surface area contributed by atoms with Crippen LogP contribution in [0.15, 0.2) is 65.6 Å². The SMILES string of the molecule is COc1ccc(OC)c(S(=O)(=O)Nc2cc(Cl)ccc2Oc2ccccc2OC)c1. The number of benzene rings is 3. The number of halogens is 1. The standard InChI is InChI=1S/C21H20ClNO6S/c1-26-15-9-11-20(28-3)21(13-15)30(24,25)23-16-12-14(22)8-10-17(16)29-19-7-5-4-6-18(19)27-2/h4-13,23H,1-3H3. The van der Waals surface area contributed by atoms with Crippen molar-refractivity contribution in [1.82, 2.24) is 0 Å². The van der Waals surface area contributed by atoms with Gasteiger partial charge >= 0.3 is 0 Å². The molecule has 0 spiro atoms. The molecule has 9 heteroatoms. The number of anilines is 1. The third-order valence-corrected chi connectivity index (χ3v) is 5.76. The number of rotatable bonds is 8. The highest BCUT2D eigenvalue weighted by Gasteiger charge is 2.23. The van der Waals surface area contributed by atoms with Gasteiger partial charge in [-0.05, 0) is 42.5 Å². The Morgan fingerprint density at radius 1 is 0.767 bits per heavy atom. The maximum absolute atomic E-state index is 13.1. The van der Waals surface area contributed by atoms with Crippen molar-refractivity contribution in [2.75, 3.05) is 26.1 Å². The molecule has 0 radical (unpaired) electrons. The molecule has 0 heterocycles. The molecule has 0 amide bonds. The minimum Gasteiger partial charge on any atom is -0.497 e. The van der Waals surface area contributed by atoms with Crippen LogP contribution in [0.2, 0.25) is 5.02 Å². The van der Waals surface area contributed by atoms with E-state index in [2.05, 4.69) is 4.72 Å². The van der Waals surface area contributed by atoms with Crippen LogP contribution in [0.3, 0.4) is 0 Å². The van der Waals surface area contributed by atoms with E-state index in [1.54, 1.807) is 42.5 Å². The maximum atomic E-state index is 13.1. The molecule has 3 aromatic rings. The average molecular weight is 450 g/mol. The van der Waals surface area contributed by atoms with Crippen LogP contribution < -0.4 is 23.7 Å². The molecule has 158 valence electrons. The third-order valence-electron chi connectivity index (χ3n) is 4.14. The molecular formula is C21H20ClNO6S. The quantitative estimate of drug-likeness (QED) is 0.523. The van der Waals surface area contributed by atoms with E-state index < -0.39 is 10.0 Å². The van der Waals surface area contributed by atoms with Crippen molar-refractivity contribution in [1.29, 1.82) is 0 Å². The highest BCUT2D eigenvalue weighted by Crippen LogP contribution is 2.38. The topological polar surface area (TPSA) is 83.1 Å². The summed E-state index contributed by atoms with van der Waals surface area (Å²) in [5.74, 6) is 1.69. The molecule has 0 bridgehead atoms. The van der Waals surface area contributed by atoms with Crippen molar-refractivity contribution in [3.8, 4) is 28.7 Å². The Hall–Kier alpha value is -3.10. The van der Waals surface area contributed by atoms with Gasteiger partial charge in [0.25, 0.3) is 10.0 Å². The number of methoxy groups -OCH3 is 3. The molecule has 0 unspecified atom stereocenters. The number of hydrogen-bond donors (Lipinski definition) is 1. The normalized spacial score (nSPS) is 10.9. The van der Waals surface area contributed by atoms with Crippen LogP contribution >= 0.6 is 11.6 Å². The fraction of sp³-hybridized carbons (Fsp3) is 0.143. The second-order valence-corrected chi connectivity index (χ2v) is 8.10. The molecule has 0 aliphatic rings. The number of ether oxygens (including phenoxy) is 4. The van der Waals surface area contributed by atoms with E-state index >= 15 is 0 Å². The maximum Gasteiger partial charge on any atom is 0.265 e. The lowest BCUT2D eigenvalue weighted by Gasteiger charge is -2.16. The van der Waals surface area contributed by atoms with Gasteiger partial charge in [0.05, 0.1) is 27.0 Å². The van der Waals surface area contributed by atoms with Gasteiger partial charge in [-0.15, -0.1) is 0 Å². The molecule has 0 aliphatic carbocycles. The minimum atomic E-state index is -4.06. The first-order valence-electron chi connectivity index (χ1n) is 8.73. The molecule has 0 fully saturated rings. The molecule has 0 saturated heterocycles. The Morgan fingerprint density at radius 2 is 1.43 bits per heavy atom. The molecular weight excluding hydrogens is 430 g/mol. The minimum absolute atomic E-state index is 0.0902. The average Bonchev–Trinajstić information content (AvgIpc) is 2.75. The van der Waals surface area contributed by atoms with Gasteiger partial charge in [0.1, 0.15) is 16.4 Å². The van der Waals surface area contributed by atoms with Gasteiger partial charge in [-0.1, -0.05) is 23.7 Å². The van der Waals surface area contributed by atoms with Crippen molar-refractivity contribution in [3.05, 3.63) is 65.7 Å². The predicted octanol–water partition coefficient (Wildman–Crippen LogP) is 4.96. The highest BCUT2D eigenvalue weighted by atomic mass is 35.5. The summed E-state index contributed by atoms with van der Waals surface area (Å²) in [5, 5.41) is 0.331. The fourth-order valence-electron chi connectivity index (χ4n) is 2.69. The van der Waals surface area contributed by atoms with E-state index in [4.69, 9.17) is 30.5 Å².